The molecule has 0 fully saturated rings. The van der Waals surface area contributed by atoms with Gasteiger partial charge >= 0.3 is 0 Å². The number of hydrogen-bond donors (Lipinski definition) is 2. The fraction of sp³-hybridized carbons (Fsp3) is 0.200. The standard InChI is InChI=1S/C10H10Cl2N4/c11-7-3-6(4-8(12)5-7)10-14-9(1-2-13)15-16-10/h3-5H,1-2,13H2,(H,14,15,16). The second-order valence-corrected chi connectivity index (χ2v) is 4.18. The van der Waals surface area contributed by atoms with Crippen molar-refractivity contribution in [2.45, 2.75) is 6.42 Å². The molecule has 0 amide bonds. The van der Waals surface area contributed by atoms with Crippen molar-refractivity contribution in [1.82, 2.24) is 15.2 Å². The summed E-state index contributed by atoms with van der Waals surface area (Å²) in [5, 5.41) is 8.02. The highest BCUT2D eigenvalue weighted by molar-refractivity contribution is 6.35. The van der Waals surface area contributed by atoms with E-state index in [2.05, 4.69) is 15.2 Å². The van der Waals surface area contributed by atoms with Crippen molar-refractivity contribution in [1.29, 1.82) is 0 Å². The molecule has 0 aliphatic rings. The Bertz CT molecular complexity index is 475. The predicted molar refractivity (Wildman–Crippen MR) is 64.6 cm³/mol. The maximum Gasteiger partial charge on any atom is 0.181 e. The maximum atomic E-state index is 5.90. The molecule has 0 aliphatic heterocycles. The van der Waals surface area contributed by atoms with Gasteiger partial charge in [0.25, 0.3) is 0 Å². The van der Waals surface area contributed by atoms with E-state index in [0.717, 1.165) is 11.4 Å². The highest BCUT2D eigenvalue weighted by atomic mass is 35.5. The molecule has 0 bridgehead atoms. The van der Waals surface area contributed by atoms with Crippen LogP contribution in [0.15, 0.2) is 18.2 Å². The number of nitrogens with zero attached hydrogens (tertiary/aromatic N) is 2. The van der Waals surface area contributed by atoms with Gasteiger partial charge in [-0.25, -0.2) is 4.98 Å². The Balaban J connectivity index is 2.34. The average molecular weight is 257 g/mol. The molecule has 0 aliphatic carbocycles. The molecule has 16 heavy (non-hydrogen) atoms. The number of benzene rings is 1. The van der Waals surface area contributed by atoms with Crippen molar-refractivity contribution in [2.24, 2.45) is 5.73 Å². The number of halogens is 2. The van der Waals surface area contributed by atoms with Crippen molar-refractivity contribution < 1.29 is 0 Å². The molecule has 1 aromatic heterocycles. The van der Waals surface area contributed by atoms with Gasteiger partial charge in [-0.2, -0.15) is 5.10 Å². The van der Waals surface area contributed by atoms with E-state index < -0.39 is 0 Å². The second kappa shape index (κ2) is 4.82. The molecule has 2 aromatic rings. The summed E-state index contributed by atoms with van der Waals surface area (Å²) >= 11 is 11.8. The number of nitrogens with one attached hydrogen (secondary N) is 1. The van der Waals surface area contributed by atoms with Crippen molar-refractivity contribution in [3.8, 4) is 11.4 Å². The van der Waals surface area contributed by atoms with Crippen molar-refractivity contribution in [3.63, 3.8) is 0 Å². The fourth-order valence-corrected chi connectivity index (χ4v) is 1.88. The normalized spacial score (nSPS) is 10.7. The van der Waals surface area contributed by atoms with E-state index in [0.29, 0.717) is 28.8 Å². The lowest BCUT2D eigenvalue weighted by molar-refractivity contribution is 0.874. The van der Waals surface area contributed by atoms with E-state index in [4.69, 9.17) is 28.9 Å². The molecule has 1 aromatic carbocycles. The summed E-state index contributed by atoms with van der Waals surface area (Å²) in [5.74, 6) is 1.33. The molecule has 84 valence electrons. The van der Waals surface area contributed by atoms with Crippen LogP contribution in [0.25, 0.3) is 11.4 Å². The number of nitrogens with two attached hydrogens (primary N) is 1. The lowest BCUT2D eigenvalue weighted by Gasteiger charge is -1.97. The van der Waals surface area contributed by atoms with E-state index in [-0.39, 0.29) is 0 Å². The van der Waals surface area contributed by atoms with Crippen LogP contribution < -0.4 is 5.73 Å². The zero-order chi connectivity index (χ0) is 11.5. The van der Waals surface area contributed by atoms with Gasteiger partial charge in [0, 0.05) is 22.0 Å². The van der Waals surface area contributed by atoms with Crippen LogP contribution in [0.3, 0.4) is 0 Å². The van der Waals surface area contributed by atoms with Crippen LogP contribution in [-0.2, 0) is 6.42 Å². The fourth-order valence-electron chi connectivity index (χ4n) is 1.36. The Morgan fingerprint density at radius 2 is 1.88 bits per heavy atom. The van der Waals surface area contributed by atoms with Gasteiger partial charge in [0.1, 0.15) is 5.82 Å². The smallest absolute Gasteiger partial charge is 0.181 e. The largest absolute Gasteiger partial charge is 0.330 e. The van der Waals surface area contributed by atoms with Gasteiger partial charge in [-0.15, -0.1) is 0 Å². The highest BCUT2D eigenvalue weighted by Crippen LogP contribution is 2.24. The van der Waals surface area contributed by atoms with E-state index in [1.54, 1.807) is 18.2 Å². The first-order chi connectivity index (χ1) is 7.69. The minimum atomic E-state index is 0.533. The lowest BCUT2D eigenvalue weighted by Crippen LogP contribution is -2.03. The quantitative estimate of drug-likeness (QED) is 0.886. The molecule has 6 heteroatoms. The first-order valence-electron chi connectivity index (χ1n) is 4.77. The van der Waals surface area contributed by atoms with Gasteiger partial charge in [0.15, 0.2) is 5.82 Å². The van der Waals surface area contributed by atoms with Gasteiger partial charge in [-0.3, -0.25) is 5.10 Å². The third-order valence-corrected chi connectivity index (χ3v) is 2.47. The Morgan fingerprint density at radius 1 is 1.19 bits per heavy atom. The van der Waals surface area contributed by atoms with Gasteiger partial charge in [-0.1, -0.05) is 23.2 Å². The third kappa shape index (κ3) is 2.52. The van der Waals surface area contributed by atoms with Crippen LogP contribution in [0.1, 0.15) is 5.82 Å². The highest BCUT2D eigenvalue weighted by Gasteiger charge is 2.07. The van der Waals surface area contributed by atoms with Gasteiger partial charge in [0.2, 0.25) is 0 Å². The summed E-state index contributed by atoms with van der Waals surface area (Å²) in [6.45, 7) is 0.533. The van der Waals surface area contributed by atoms with Gasteiger partial charge in [0.05, 0.1) is 0 Å². The van der Waals surface area contributed by atoms with Crippen molar-refractivity contribution in [2.75, 3.05) is 6.54 Å². The molecule has 0 unspecified atom stereocenters. The van der Waals surface area contributed by atoms with E-state index in [9.17, 15) is 0 Å². The minimum Gasteiger partial charge on any atom is -0.330 e. The van der Waals surface area contributed by atoms with Crippen molar-refractivity contribution in [3.05, 3.63) is 34.1 Å². The van der Waals surface area contributed by atoms with Gasteiger partial charge in [-0.05, 0) is 24.7 Å². The van der Waals surface area contributed by atoms with E-state index in [1.165, 1.54) is 0 Å². The molecule has 0 radical (unpaired) electrons. The average Bonchev–Trinajstić information content (AvgIpc) is 2.65. The Labute approximate surface area is 103 Å². The molecule has 4 nitrogen and oxygen atoms in total. The summed E-state index contributed by atoms with van der Waals surface area (Å²) in [5.41, 5.74) is 6.22. The number of hydrogen-bond acceptors (Lipinski definition) is 3. The molecule has 0 spiro atoms. The Hall–Kier alpha value is -1.10. The predicted octanol–water partition coefficient (Wildman–Crippen LogP) is 2.28. The second-order valence-electron chi connectivity index (χ2n) is 3.30. The summed E-state index contributed by atoms with van der Waals surface area (Å²) in [6, 6.07) is 5.20. The van der Waals surface area contributed by atoms with Crippen LogP contribution in [0.4, 0.5) is 0 Å². The molecular weight excluding hydrogens is 247 g/mol. The number of aromatic nitrogens is 3. The molecular formula is C10H10Cl2N4. The first kappa shape index (κ1) is 11.4. The number of H-pyrrole nitrogens is 1. The molecule has 2 rings (SSSR count). The maximum absolute atomic E-state index is 5.90. The van der Waals surface area contributed by atoms with E-state index in [1.807, 2.05) is 0 Å². The monoisotopic (exact) mass is 256 g/mol. The van der Waals surface area contributed by atoms with Crippen LogP contribution >= 0.6 is 23.2 Å². The number of rotatable bonds is 3. The Kier molecular flexibility index (Phi) is 3.43. The summed E-state index contributed by atoms with van der Waals surface area (Å²) in [4.78, 5) is 4.29. The molecule has 3 N–H and O–H groups in total. The van der Waals surface area contributed by atoms with Crippen molar-refractivity contribution >= 4 is 23.2 Å². The van der Waals surface area contributed by atoms with Crippen LogP contribution in [-0.4, -0.2) is 21.7 Å². The summed E-state index contributed by atoms with van der Waals surface area (Å²) in [6.07, 6.45) is 0.668. The zero-order valence-corrected chi connectivity index (χ0v) is 9.89. The first-order valence-corrected chi connectivity index (χ1v) is 5.52. The number of aromatic amines is 1. The summed E-state index contributed by atoms with van der Waals surface area (Å²) < 4.78 is 0. The molecule has 1 heterocycles. The molecule has 0 saturated carbocycles. The topological polar surface area (TPSA) is 67.6 Å². The van der Waals surface area contributed by atoms with Crippen LogP contribution in [0, 0.1) is 0 Å². The minimum absolute atomic E-state index is 0.533. The third-order valence-electron chi connectivity index (χ3n) is 2.03. The van der Waals surface area contributed by atoms with Crippen LogP contribution in [0.2, 0.25) is 10.0 Å². The Morgan fingerprint density at radius 3 is 2.50 bits per heavy atom. The summed E-state index contributed by atoms with van der Waals surface area (Å²) in [7, 11) is 0. The SMILES string of the molecule is NCCc1nc(-c2cc(Cl)cc(Cl)c2)n[nH]1. The molecule has 0 saturated heterocycles. The van der Waals surface area contributed by atoms with Crippen LogP contribution in [0.5, 0.6) is 0 Å². The van der Waals surface area contributed by atoms with E-state index >= 15 is 0 Å². The van der Waals surface area contributed by atoms with Gasteiger partial charge < -0.3 is 5.73 Å². The zero-order valence-electron chi connectivity index (χ0n) is 8.37. The molecule has 0 atom stereocenters. The lowest BCUT2D eigenvalue weighted by atomic mass is 10.2.